The third-order valence-electron chi connectivity index (χ3n) is 4.50. The number of nitrogens with zero attached hydrogens (tertiary/aromatic N) is 1. The van der Waals surface area contributed by atoms with Crippen molar-refractivity contribution in [2.45, 2.75) is 75.0 Å². The number of ether oxygens (including phenoxy) is 2. The van der Waals surface area contributed by atoms with Crippen molar-refractivity contribution >= 4 is 0 Å². The van der Waals surface area contributed by atoms with E-state index in [2.05, 4.69) is 6.07 Å². The van der Waals surface area contributed by atoms with Gasteiger partial charge in [-0.3, -0.25) is 0 Å². The molecular weight excluding hydrogens is 218 g/mol. The van der Waals surface area contributed by atoms with Crippen molar-refractivity contribution in [3.8, 4) is 6.07 Å². The molecule has 1 aliphatic carbocycles. The summed E-state index contributed by atoms with van der Waals surface area (Å²) in [6, 6.07) is 2.18. The number of fused-ring (bicyclic) bond motifs is 1. The highest BCUT2D eigenvalue weighted by atomic mass is 16.6. The zero-order chi connectivity index (χ0) is 11.9. The van der Waals surface area contributed by atoms with Crippen molar-refractivity contribution in [1.82, 2.24) is 0 Å². The molecule has 5 atom stereocenters. The van der Waals surface area contributed by atoms with Gasteiger partial charge in [-0.05, 0) is 32.1 Å². The van der Waals surface area contributed by atoms with Crippen LogP contribution in [0.4, 0.5) is 0 Å². The van der Waals surface area contributed by atoms with Crippen LogP contribution in [0.3, 0.4) is 0 Å². The van der Waals surface area contributed by atoms with Gasteiger partial charge in [0.15, 0.2) is 0 Å². The van der Waals surface area contributed by atoms with Gasteiger partial charge in [-0.25, -0.2) is 0 Å². The molecule has 3 rings (SSSR count). The van der Waals surface area contributed by atoms with Gasteiger partial charge >= 0.3 is 0 Å². The molecule has 1 spiro atoms. The van der Waals surface area contributed by atoms with Gasteiger partial charge in [0, 0.05) is 12.8 Å². The molecule has 94 valence electrons. The Hall–Kier alpha value is -0.630. The van der Waals surface area contributed by atoms with Crippen LogP contribution in [-0.4, -0.2) is 35.1 Å². The quantitative estimate of drug-likeness (QED) is 0.791. The fraction of sp³-hybridized carbons (Fsp3) is 0.923. The number of nitriles is 1. The summed E-state index contributed by atoms with van der Waals surface area (Å²) in [5.74, 6) is 0. The second-order valence-electron chi connectivity index (χ2n) is 5.55. The van der Waals surface area contributed by atoms with E-state index in [9.17, 15) is 5.11 Å². The molecule has 1 N–H and O–H groups in total. The summed E-state index contributed by atoms with van der Waals surface area (Å²) in [5.41, 5.74) is -0.151. The van der Waals surface area contributed by atoms with Crippen LogP contribution in [0, 0.1) is 11.3 Å². The van der Waals surface area contributed by atoms with Gasteiger partial charge in [0.2, 0.25) is 0 Å². The summed E-state index contributed by atoms with van der Waals surface area (Å²) in [6.07, 6.45) is 5.96. The van der Waals surface area contributed by atoms with Crippen LogP contribution < -0.4 is 0 Å². The van der Waals surface area contributed by atoms with Crippen LogP contribution in [0.25, 0.3) is 0 Å². The number of aliphatic hydroxyl groups excluding tert-OH is 1. The van der Waals surface area contributed by atoms with E-state index in [1.165, 1.54) is 0 Å². The summed E-state index contributed by atoms with van der Waals surface area (Å²) in [6.45, 7) is 0. The van der Waals surface area contributed by atoms with Gasteiger partial charge in [-0.2, -0.15) is 5.26 Å². The Bertz CT molecular complexity index is 340. The predicted molar refractivity (Wildman–Crippen MR) is 60.2 cm³/mol. The van der Waals surface area contributed by atoms with E-state index >= 15 is 0 Å². The molecule has 0 radical (unpaired) electrons. The summed E-state index contributed by atoms with van der Waals surface area (Å²) >= 11 is 0. The molecule has 0 aromatic rings. The maximum Gasteiger partial charge on any atom is 0.0973 e. The first-order valence-corrected chi connectivity index (χ1v) is 6.62. The smallest absolute Gasteiger partial charge is 0.0973 e. The van der Waals surface area contributed by atoms with Gasteiger partial charge in [-0.15, -0.1) is 0 Å². The van der Waals surface area contributed by atoms with E-state index in [0.717, 1.165) is 38.5 Å². The number of hydrogen-bond acceptors (Lipinski definition) is 4. The average Bonchev–Trinajstić information content (AvgIpc) is 2.66. The van der Waals surface area contributed by atoms with Gasteiger partial charge in [0.25, 0.3) is 0 Å². The molecule has 1 unspecified atom stereocenters. The zero-order valence-corrected chi connectivity index (χ0v) is 9.97. The molecule has 4 heteroatoms. The van der Waals surface area contributed by atoms with Crippen molar-refractivity contribution in [3.63, 3.8) is 0 Å². The Morgan fingerprint density at radius 1 is 1.35 bits per heavy atom. The Balaban J connectivity index is 1.70. The van der Waals surface area contributed by atoms with Gasteiger partial charge in [0.1, 0.15) is 0 Å². The molecule has 17 heavy (non-hydrogen) atoms. The Kier molecular flexibility index (Phi) is 2.86. The maximum atomic E-state index is 9.82. The fourth-order valence-electron chi connectivity index (χ4n) is 3.59. The monoisotopic (exact) mass is 237 g/mol. The Morgan fingerprint density at radius 2 is 2.24 bits per heavy atom. The molecule has 4 nitrogen and oxygen atoms in total. The van der Waals surface area contributed by atoms with Crippen molar-refractivity contribution in [1.29, 1.82) is 5.26 Å². The first-order valence-electron chi connectivity index (χ1n) is 6.62. The van der Waals surface area contributed by atoms with Crippen LogP contribution in [0.2, 0.25) is 0 Å². The lowest BCUT2D eigenvalue weighted by Gasteiger charge is -2.43. The molecule has 0 aromatic heterocycles. The minimum absolute atomic E-state index is 0.0246. The second kappa shape index (κ2) is 4.24. The van der Waals surface area contributed by atoms with Crippen LogP contribution >= 0.6 is 0 Å². The van der Waals surface area contributed by atoms with E-state index in [1.807, 2.05) is 0 Å². The predicted octanol–water partition coefficient (Wildman–Crippen LogP) is 1.52. The summed E-state index contributed by atoms with van der Waals surface area (Å²) in [7, 11) is 0. The number of aliphatic hydroxyl groups is 1. The zero-order valence-electron chi connectivity index (χ0n) is 9.97. The standard InChI is InChI=1S/C13H19NO3/c14-7-1-2-9-3-4-12-13(17-9)6-5-10(15)11(8-13)16-12/h9-12,15H,1-6,8H2/t9-,10?,11+,12-,13-/m0/s1. The molecule has 2 saturated heterocycles. The van der Waals surface area contributed by atoms with Gasteiger partial charge in [-0.1, -0.05) is 0 Å². The summed E-state index contributed by atoms with van der Waals surface area (Å²) in [4.78, 5) is 0. The molecule has 0 amide bonds. The number of hydrogen-bond donors (Lipinski definition) is 1. The highest BCUT2D eigenvalue weighted by Crippen LogP contribution is 2.49. The van der Waals surface area contributed by atoms with Crippen LogP contribution in [0.5, 0.6) is 0 Å². The van der Waals surface area contributed by atoms with E-state index in [4.69, 9.17) is 14.7 Å². The maximum absolute atomic E-state index is 9.82. The number of rotatable bonds is 2. The van der Waals surface area contributed by atoms with E-state index in [1.54, 1.807) is 0 Å². The van der Waals surface area contributed by atoms with Crippen LogP contribution in [0.1, 0.15) is 44.9 Å². The normalized spacial score (nSPS) is 48.5. The fourth-order valence-corrected chi connectivity index (χ4v) is 3.59. The molecule has 0 aromatic carbocycles. The molecular formula is C13H19NO3. The lowest BCUT2D eigenvalue weighted by Crippen LogP contribution is -2.49. The van der Waals surface area contributed by atoms with E-state index < -0.39 is 0 Å². The van der Waals surface area contributed by atoms with E-state index in [-0.39, 0.29) is 30.0 Å². The van der Waals surface area contributed by atoms with Crippen molar-refractivity contribution in [2.24, 2.45) is 0 Å². The second-order valence-corrected chi connectivity index (χ2v) is 5.55. The lowest BCUT2D eigenvalue weighted by molar-refractivity contribution is -0.166. The van der Waals surface area contributed by atoms with Gasteiger partial charge in [0.05, 0.1) is 36.1 Å². The first kappa shape index (κ1) is 11.5. The Morgan fingerprint density at radius 3 is 3.06 bits per heavy atom. The average molecular weight is 237 g/mol. The summed E-state index contributed by atoms with van der Waals surface area (Å²) < 4.78 is 12.1. The lowest BCUT2D eigenvalue weighted by atomic mass is 9.77. The molecule has 1 saturated carbocycles. The summed E-state index contributed by atoms with van der Waals surface area (Å²) in [5, 5.41) is 18.5. The van der Waals surface area contributed by atoms with Crippen LogP contribution in [0.15, 0.2) is 0 Å². The van der Waals surface area contributed by atoms with E-state index in [0.29, 0.717) is 6.42 Å². The Labute approximate surface area is 102 Å². The largest absolute Gasteiger partial charge is 0.390 e. The highest BCUT2D eigenvalue weighted by molar-refractivity contribution is 5.06. The molecule has 3 fully saturated rings. The third kappa shape index (κ3) is 1.87. The van der Waals surface area contributed by atoms with Crippen molar-refractivity contribution < 1.29 is 14.6 Å². The molecule has 2 bridgehead atoms. The van der Waals surface area contributed by atoms with Crippen molar-refractivity contribution in [2.75, 3.05) is 0 Å². The highest BCUT2D eigenvalue weighted by Gasteiger charge is 2.56. The molecule has 2 heterocycles. The topological polar surface area (TPSA) is 62.5 Å². The first-order chi connectivity index (χ1) is 8.23. The molecule has 3 aliphatic rings. The van der Waals surface area contributed by atoms with Crippen LogP contribution in [-0.2, 0) is 9.47 Å². The minimum atomic E-state index is -0.313. The van der Waals surface area contributed by atoms with Gasteiger partial charge < -0.3 is 14.6 Å². The van der Waals surface area contributed by atoms with Crippen molar-refractivity contribution in [3.05, 3.63) is 0 Å². The SMILES string of the molecule is N#CCC[C@H]1CC[C@@H]2O[C@@H]3C[C@]2(CCC3O)O1. The third-order valence-corrected chi connectivity index (χ3v) is 4.50. The molecule has 2 aliphatic heterocycles. The minimum Gasteiger partial charge on any atom is -0.390 e.